The summed E-state index contributed by atoms with van der Waals surface area (Å²) in [6, 6.07) is 7.95. The molecule has 0 saturated carbocycles. The van der Waals surface area contributed by atoms with Crippen molar-refractivity contribution in [1.29, 1.82) is 0 Å². The quantitative estimate of drug-likeness (QED) is 0.780. The van der Waals surface area contributed by atoms with E-state index in [1.54, 1.807) is 17.5 Å². The monoisotopic (exact) mass is 355 g/mol. The van der Waals surface area contributed by atoms with E-state index in [9.17, 15) is 5.11 Å². The first kappa shape index (κ1) is 16.4. The van der Waals surface area contributed by atoms with Gasteiger partial charge in [0.25, 0.3) is 0 Å². The van der Waals surface area contributed by atoms with Crippen molar-refractivity contribution in [3.63, 3.8) is 0 Å². The zero-order valence-electron chi connectivity index (χ0n) is 14.1. The fourth-order valence-electron chi connectivity index (χ4n) is 3.23. The first-order valence-corrected chi connectivity index (χ1v) is 9.37. The maximum atomic E-state index is 10.5. The smallest absolute Gasteiger partial charge is 0.127 e. The number of benzene rings is 1. The van der Waals surface area contributed by atoms with Crippen LogP contribution in [0, 0.1) is 6.92 Å². The number of aryl methyl sites for hydroxylation is 1. The predicted octanol–water partition coefficient (Wildman–Crippen LogP) is 3.01. The molecule has 2 atom stereocenters. The number of hydrogen-bond donors (Lipinski definition) is 1. The Hall–Kier alpha value is -2.02. The van der Waals surface area contributed by atoms with Crippen LogP contribution in [0.3, 0.4) is 0 Å². The lowest BCUT2D eigenvalue weighted by Gasteiger charge is -2.35. The number of aromatic nitrogens is 2. The average Bonchev–Trinajstić information content (AvgIpc) is 3.02. The zero-order chi connectivity index (χ0) is 17.2. The lowest BCUT2D eigenvalue weighted by Crippen LogP contribution is -2.48. The molecule has 0 unspecified atom stereocenters. The van der Waals surface area contributed by atoms with E-state index in [1.165, 1.54) is 0 Å². The number of hydrogen-bond acceptors (Lipinski definition) is 6. The second-order valence-corrected chi connectivity index (χ2v) is 7.46. The Labute approximate surface area is 150 Å². The van der Waals surface area contributed by atoms with Crippen molar-refractivity contribution in [2.24, 2.45) is 0 Å². The van der Waals surface area contributed by atoms with Crippen LogP contribution in [0.5, 0.6) is 5.75 Å². The van der Waals surface area contributed by atoms with E-state index in [1.807, 2.05) is 37.4 Å². The third kappa shape index (κ3) is 3.81. The number of likely N-dealkylation sites (tertiary alicyclic amines) is 1. The molecule has 4 rings (SSSR count). The molecular formula is C19H21N3O2S. The van der Waals surface area contributed by atoms with E-state index in [2.05, 4.69) is 20.2 Å². The number of nitrogens with zero attached hydrogens (tertiary/aromatic N) is 3. The molecule has 0 amide bonds. The first-order chi connectivity index (χ1) is 12.2. The van der Waals surface area contributed by atoms with Crippen molar-refractivity contribution < 1.29 is 9.84 Å². The second-order valence-electron chi connectivity index (χ2n) is 6.51. The van der Waals surface area contributed by atoms with E-state index < -0.39 is 6.10 Å². The van der Waals surface area contributed by atoms with Gasteiger partial charge in [0, 0.05) is 41.9 Å². The van der Waals surface area contributed by atoms with Crippen molar-refractivity contribution >= 4 is 22.1 Å². The van der Waals surface area contributed by atoms with Gasteiger partial charge in [-0.25, -0.2) is 4.98 Å². The topological polar surface area (TPSA) is 58.5 Å². The average molecular weight is 355 g/mol. The molecule has 1 aliphatic rings. The number of β-amino-alcohol motifs (C(OH)–C–C–N with tert-alkyl or cyclic N) is 1. The van der Waals surface area contributed by atoms with Gasteiger partial charge in [-0.3, -0.25) is 9.88 Å². The van der Waals surface area contributed by atoms with E-state index in [0.29, 0.717) is 6.54 Å². The van der Waals surface area contributed by atoms with Gasteiger partial charge >= 0.3 is 0 Å². The van der Waals surface area contributed by atoms with Crippen LogP contribution >= 0.6 is 11.3 Å². The molecular weight excluding hydrogens is 334 g/mol. The number of fused-ring (bicyclic) bond motifs is 1. The summed E-state index contributed by atoms with van der Waals surface area (Å²) in [5.74, 6) is 0.786. The first-order valence-electron chi connectivity index (χ1n) is 8.49. The summed E-state index contributed by atoms with van der Waals surface area (Å²) in [7, 11) is 0. The Morgan fingerprint density at radius 2 is 2.24 bits per heavy atom. The van der Waals surface area contributed by atoms with Gasteiger partial charge < -0.3 is 9.84 Å². The van der Waals surface area contributed by atoms with Gasteiger partial charge in [0.15, 0.2) is 0 Å². The van der Waals surface area contributed by atoms with Gasteiger partial charge in [0.05, 0.1) is 6.54 Å². The number of ether oxygens (including phenoxy) is 1. The maximum absolute atomic E-state index is 10.5. The Morgan fingerprint density at radius 1 is 1.32 bits per heavy atom. The normalized spacial score (nSPS) is 21.5. The van der Waals surface area contributed by atoms with Crippen LogP contribution in [0.15, 0.2) is 42.0 Å². The number of piperidine rings is 1. The molecule has 1 aliphatic heterocycles. The molecule has 0 spiro atoms. The Morgan fingerprint density at radius 3 is 3.04 bits per heavy atom. The Balaban J connectivity index is 1.38. The lowest BCUT2D eigenvalue weighted by molar-refractivity contribution is -0.0274. The summed E-state index contributed by atoms with van der Waals surface area (Å²) in [4.78, 5) is 10.9. The molecule has 1 saturated heterocycles. The van der Waals surface area contributed by atoms with Crippen LogP contribution in [-0.4, -0.2) is 45.3 Å². The van der Waals surface area contributed by atoms with Gasteiger partial charge in [-0.15, -0.1) is 11.3 Å². The molecule has 1 aromatic carbocycles. The fraction of sp³-hybridized carbons (Fsp3) is 0.368. The predicted molar refractivity (Wildman–Crippen MR) is 98.9 cm³/mol. The minimum atomic E-state index is -0.501. The van der Waals surface area contributed by atoms with Crippen molar-refractivity contribution in [3.8, 4) is 5.75 Å². The van der Waals surface area contributed by atoms with Crippen LogP contribution in [0.2, 0.25) is 0 Å². The summed E-state index contributed by atoms with van der Waals surface area (Å²) < 4.78 is 6.06. The largest absolute Gasteiger partial charge is 0.488 e. The molecule has 1 N–H and O–H groups in total. The third-order valence-electron chi connectivity index (χ3n) is 4.53. The van der Waals surface area contributed by atoms with Crippen LogP contribution in [0.25, 0.3) is 10.8 Å². The highest BCUT2D eigenvalue weighted by molar-refractivity contribution is 7.09. The van der Waals surface area contributed by atoms with Gasteiger partial charge in [-0.2, -0.15) is 0 Å². The van der Waals surface area contributed by atoms with Crippen LogP contribution in [0.4, 0.5) is 0 Å². The summed E-state index contributed by atoms with van der Waals surface area (Å²) in [5.41, 5.74) is 1.06. The molecule has 0 radical (unpaired) electrons. The molecule has 130 valence electrons. The van der Waals surface area contributed by atoms with E-state index in [-0.39, 0.29) is 6.10 Å². The lowest BCUT2D eigenvalue weighted by atomic mass is 10.0. The van der Waals surface area contributed by atoms with Crippen molar-refractivity contribution in [3.05, 3.63) is 52.7 Å². The molecule has 3 heterocycles. The molecule has 2 aromatic heterocycles. The Bertz CT molecular complexity index is 867. The van der Waals surface area contributed by atoms with Crippen molar-refractivity contribution in [2.75, 3.05) is 13.1 Å². The maximum Gasteiger partial charge on any atom is 0.127 e. The SMILES string of the molecule is Cc1csc(CN2CC[C@@H](Oc3ccc4ccncc4c3)[C@H](O)C2)n1. The fourth-order valence-corrected chi connectivity index (χ4v) is 4.05. The Kier molecular flexibility index (Phi) is 4.65. The minimum absolute atomic E-state index is 0.177. The number of aliphatic hydroxyl groups excluding tert-OH is 1. The molecule has 1 fully saturated rings. The highest BCUT2D eigenvalue weighted by atomic mass is 32.1. The van der Waals surface area contributed by atoms with E-state index >= 15 is 0 Å². The molecule has 5 nitrogen and oxygen atoms in total. The van der Waals surface area contributed by atoms with Crippen LogP contribution < -0.4 is 4.74 Å². The van der Waals surface area contributed by atoms with Gasteiger partial charge in [-0.1, -0.05) is 6.07 Å². The number of aliphatic hydroxyl groups is 1. The van der Waals surface area contributed by atoms with Crippen molar-refractivity contribution in [1.82, 2.24) is 14.9 Å². The van der Waals surface area contributed by atoms with Crippen LogP contribution in [0.1, 0.15) is 17.1 Å². The third-order valence-corrected chi connectivity index (χ3v) is 5.48. The van der Waals surface area contributed by atoms with Gasteiger partial charge in [-0.05, 0) is 36.9 Å². The highest BCUT2D eigenvalue weighted by Crippen LogP contribution is 2.24. The standard InChI is InChI=1S/C19H21N3O2S/c1-13-12-25-19(21-13)11-22-7-5-18(17(23)10-22)24-16-3-2-14-4-6-20-9-15(14)8-16/h2-4,6,8-9,12,17-18,23H,5,7,10-11H2,1H3/t17-,18-/m1/s1. The minimum Gasteiger partial charge on any atom is -0.488 e. The summed E-state index contributed by atoms with van der Waals surface area (Å²) >= 11 is 1.68. The molecule has 6 heteroatoms. The molecule has 0 aliphatic carbocycles. The van der Waals surface area contributed by atoms with Crippen molar-refractivity contribution in [2.45, 2.75) is 32.1 Å². The van der Waals surface area contributed by atoms with E-state index in [0.717, 1.165) is 46.7 Å². The zero-order valence-corrected chi connectivity index (χ0v) is 14.9. The molecule has 25 heavy (non-hydrogen) atoms. The van der Waals surface area contributed by atoms with E-state index in [4.69, 9.17) is 4.74 Å². The molecule has 3 aromatic rings. The second kappa shape index (κ2) is 7.07. The highest BCUT2D eigenvalue weighted by Gasteiger charge is 2.29. The van der Waals surface area contributed by atoms with Gasteiger partial charge in [0.1, 0.15) is 23.0 Å². The summed E-state index contributed by atoms with van der Waals surface area (Å²) in [6.07, 6.45) is 3.74. The number of rotatable bonds is 4. The van der Waals surface area contributed by atoms with Crippen LogP contribution in [-0.2, 0) is 6.54 Å². The molecule has 0 bridgehead atoms. The number of pyridine rings is 1. The number of thiazole rings is 1. The summed E-state index contributed by atoms with van der Waals surface area (Å²) in [5, 5.41) is 15.9. The summed E-state index contributed by atoms with van der Waals surface area (Å²) in [6.45, 7) is 4.31. The van der Waals surface area contributed by atoms with Gasteiger partial charge in [0.2, 0.25) is 0 Å².